The number of ketones is 1. The Kier molecular flexibility index (Phi) is 6.12. The maximum absolute atomic E-state index is 13.0. The maximum atomic E-state index is 13.0. The van der Waals surface area contributed by atoms with Gasteiger partial charge in [0.25, 0.3) is 5.91 Å². The van der Waals surface area contributed by atoms with Gasteiger partial charge >= 0.3 is 0 Å². The Morgan fingerprint density at radius 2 is 1.88 bits per heavy atom. The van der Waals surface area contributed by atoms with E-state index in [4.69, 9.17) is 15.2 Å². The molecule has 0 saturated heterocycles. The van der Waals surface area contributed by atoms with Crippen LogP contribution in [0.4, 0.5) is 10.1 Å². The summed E-state index contributed by atoms with van der Waals surface area (Å²) in [6.07, 6.45) is 0.906. The Balaban J connectivity index is 1.50. The molecule has 174 valence electrons. The summed E-state index contributed by atoms with van der Waals surface area (Å²) in [5.41, 5.74) is 7.61. The fraction of sp³-hybridized carbons (Fsp3) is 0.269. The van der Waals surface area contributed by atoms with Gasteiger partial charge in [0.2, 0.25) is 5.88 Å². The minimum absolute atomic E-state index is 0.00883. The number of rotatable bonds is 5. The van der Waals surface area contributed by atoms with E-state index < -0.39 is 17.6 Å². The highest BCUT2D eigenvalue weighted by atomic mass is 19.1. The van der Waals surface area contributed by atoms with Gasteiger partial charge in [-0.05, 0) is 47.4 Å². The Hall–Kier alpha value is -4.12. The van der Waals surface area contributed by atoms with Crippen LogP contribution in [0.2, 0.25) is 0 Å². The van der Waals surface area contributed by atoms with Gasteiger partial charge < -0.3 is 20.5 Å². The summed E-state index contributed by atoms with van der Waals surface area (Å²) in [5, 5.41) is 12.3. The van der Waals surface area contributed by atoms with E-state index in [2.05, 4.69) is 11.4 Å². The molecule has 1 heterocycles. The van der Waals surface area contributed by atoms with Crippen LogP contribution in [0.1, 0.15) is 38.2 Å². The number of nitrogens with one attached hydrogen (secondary N) is 1. The summed E-state index contributed by atoms with van der Waals surface area (Å²) >= 11 is 0. The van der Waals surface area contributed by atoms with Crippen molar-refractivity contribution in [3.05, 3.63) is 82.7 Å². The zero-order valence-electron chi connectivity index (χ0n) is 18.9. The predicted octanol–water partition coefficient (Wildman–Crippen LogP) is 4.29. The van der Waals surface area contributed by atoms with Gasteiger partial charge in [0.1, 0.15) is 29.0 Å². The van der Waals surface area contributed by atoms with E-state index in [1.165, 1.54) is 24.3 Å². The number of carbonyl (C=O) groups excluding carboxylic acids is 2. The number of nitrogens with zero attached hydrogens (tertiary/aromatic N) is 1. The van der Waals surface area contributed by atoms with Crippen molar-refractivity contribution in [1.29, 1.82) is 5.26 Å². The molecule has 0 bridgehead atoms. The van der Waals surface area contributed by atoms with E-state index in [-0.39, 0.29) is 29.3 Å². The number of amides is 1. The van der Waals surface area contributed by atoms with Crippen LogP contribution in [0.15, 0.2) is 71.3 Å². The molecule has 0 radical (unpaired) electrons. The van der Waals surface area contributed by atoms with Crippen molar-refractivity contribution in [2.45, 2.75) is 32.6 Å². The molecule has 0 spiro atoms. The van der Waals surface area contributed by atoms with Crippen LogP contribution >= 0.6 is 0 Å². The number of carbonyl (C=O) groups is 2. The number of ether oxygens (including phenoxy) is 2. The molecule has 1 aliphatic heterocycles. The van der Waals surface area contributed by atoms with Crippen LogP contribution < -0.4 is 15.8 Å². The second kappa shape index (κ2) is 9.02. The van der Waals surface area contributed by atoms with Gasteiger partial charge in [0, 0.05) is 24.1 Å². The molecule has 1 atom stereocenters. The van der Waals surface area contributed by atoms with Gasteiger partial charge in [-0.15, -0.1) is 0 Å². The molecule has 2 aromatic carbocycles. The summed E-state index contributed by atoms with van der Waals surface area (Å²) in [6.45, 7) is 3.74. The zero-order chi connectivity index (χ0) is 24.5. The molecule has 1 aliphatic carbocycles. The Morgan fingerprint density at radius 1 is 1.21 bits per heavy atom. The fourth-order valence-corrected chi connectivity index (χ4v) is 4.25. The molecule has 0 aromatic heterocycles. The lowest BCUT2D eigenvalue weighted by molar-refractivity contribution is -0.119. The topological polar surface area (TPSA) is 114 Å². The molecule has 4 rings (SSSR count). The summed E-state index contributed by atoms with van der Waals surface area (Å²) < 4.78 is 24.2. The van der Waals surface area contributed by atoms with E-state index in [1.54, 1.807) is 24.3 Å². The second-order valence-corrected chi connectivity index (χ2v) is 9.12. The van der Waals surface area contributed by atoms with E-state index in [0.29, 0.717) is 41.2 Å². The molecule has 0 fully saturated rings. The van der Waals surface area contributed by atoms with Gasteiger partial charge in [0.15, 0.2) is 12.4 Å². The third kappa shape index (κ3) is 4.79. The number of nitrogens with two attached hydrogens (primary N) is 1. The molecule has 3 N–H and O–H groups in total. The molecule has 0 saturated carbocycles. The van der Waals surface area contributed by atoms with Gasteiger partial charge in [-0.25, -0.2) is 4.39 Å². The number of benzene rings is 2. The van der Waals surface area contributed by atoms with Crippen molar-refractivity contribution in [3.8, 4) is 11.8 Å². The molecule has 2 aromatic rings. The Bertz CT molecular complexity index is 1240. The van der Waals surface area contributed by atoms with E-state index >= 15 is 0 Å². The van der Waals surface area contributed by atoms with Crippen LogP contribution in [0, 0.1) is 22.6 Å². The fourth-order valence-electron chi connectivity index (χ4n) is 4.25. The van der Waals surface area contributed by atoms with Crippen LogP contribution in [0.3, 0.4) is 0 Å². The maximum Gasteiger partial charge on any atom is 0.262 e. The van der Waals surface area contributed by atoms with Crippen molar-refractivity contribution < 1.29 is 23.5 Å². The van der Waals surface area contributed by atoms with Crippen molar-refractivity contribution in [3.63, 3.8) is 0 Å². The summed E-state index contributed by atoms with van der Waals surface area (Å²) in [6, 6.07) is 14.3. The first kappa shape index (κ1) is 23.1. The first-order chi connectivity index (χ1) is 16.2. The number of anilines is 1. The smallest absolute Gasteiger partial charge is 0.262 e. The lowest BCUT2D eigenvalue weighted by Crippen LogP contribution is -2.33. The predicted molar refractivity (Wildman–Crippen MR) is 123 cm³/mol. The van der Waals surface area contributed by atoms with Crippen molar-refractivity contribution in [1.82, 2.24) is 0 Å². The highest BCUT2D eigenvalue weighted by molar-refractivity contribution is 6.00. The Morgan fingerprint density at radius 3 is 2.53 bits per heavy atom. The SMILES string of the molecule is CC1(C)CC(=O)C2=C(C1)OC(N)=C(C#N)C2c1ccc(OCC(=O)Nc2ccc(F)cc2)cc1. The number of nitriles is 1. The van der Waals surface area contributed by atoms with E-state index in [9.17, 15) is 19.2 Å². The third-order valence-corrected chi connectivity index (χ3v) is 5.79. The third-order valence-electron chi connectivity index (χ3n) is 5.79. The number of hydrogen-bond donors (Lipinski definition) is 2. The van der Waals surface area contributed by atoms with Crippen LogP contribution in [-0.4, -0.2) is 18.3 Å². The highest BCUT2D eigenvalue weighted by Crippen LogP contribution is 2.47. The average molecular weight is 461 g/mol. The summed E-state index contributed by atoms with van der Waals surface area (Å²) in [4.78, 5) is 25.1. The number of hydrogen-bond acceptors (Lipinski definition) is 6. The van der Waals surface area contributed by atoms with Crippen LogP contribution in [0.25, 0.3) is 0 Å². The minimum Gasteiger partial charge on any atom is -0.484 e. The Labute approximate surface area is 196 Å². The first-order valence-corrected chi connectivity index (χ1v) is 10.8. The summed E-state index contributed by atoms with van der Waals surface area (Å²) in [7, 11) is 0. The van der Waals surface area contributed by atoms with Gasteiger partial charge in [-0.1, -0.05) is 26.0 Å². The minimum atomic E-state index is -0.617. The number of halogens is 1. The quantitative estimate of drug-likeness (QED) is 0.686. The number of Topliss-reactive ketones (excluding diaryl/α,β-unsaturated/α-hetero) is 1. The van der Waals surface area contributed by atoms with Crippen molar-refractivity contribution in [2.75, 3.05) is 11.9 Å². The first-order valence-electron chi connectivity index (χ1n) is 10.8. The zero-order valence-corrected chi connectivity index (χ0v) is 18.9. The number of allylic oxidation sites excluding steroid dienone is 3. The molecule has 1 amide bonds. The normalized spacial score (nSPS) is 19.1. The second-order valence-electron chi connectivity index (χ2n) is 9.12. The standard InChI is InChI=1S/C26H24FN3O4/c1-26(2)11-20(31)24-21(12-26)34-25(29)19(13-28)23(24)15-3-9-18(10-4-15)33-14-22(32)30-17-7-5-16(27)6-8-17/h3-10,23H,11-12,14,29H2,1-2H3,(H,30,32). The molecule has 7 nitrogen and oxygen atoms in total. The molecular weight excluding hydrogens is 437 g/mol. The molecule has 8 heteroatoms. The lowest BCUT2D eigenvalue weighted by Gasteiger charge is -2.37. The largest absolute Gasteiger partial charge is 0.484 e. The highest BCUT2D eigenvalue weighted by Gasteiger charge is 2.42. The monoisotopic (exact) mass is 461 g/mol. The molecule has 2 aliphatic rings. The molecular formula is C26H24FN3O4. The van der Waals surface area contributed by atoms with Crippen LogP contribution in [-0.2, 0) is 14.3 Å². The molecule has 34 heavy (non-hydrogen) atoms. The molecule has 1 unspecified atom stereocenters. The van der Waals surface area contributed by atoms with Crippen molar-refractivity contribution in [2.24, 2.45) is 11.1 Å². The average Bonchev–Trinajstić information content (AvgIpc) is 2.78. The summed E-state index contributed by atoms with van der Waals surface area (Å²) in [5.74, 6) is -0.507. The lowest BCUT2D eigenvalue weighted by atomic mass is 9.70. The van der Waals surface area contributed by atoms with E-state index in [0.717, 1.165) is 0 Å². The van der Waals surface area contributed by atoms with Gasteiger partial charge in [-0.2, -0.15) is 5.26 Å². The van der Waals surface area contributed by atoms with Crippen molar-refractivity contribution >= 4 is 17.4 Å². The van der Waals surface area contributed by atoms with E-state index in [1.807, 2.05) is 13.8 Å². The van der Waals surface area contributed by atoms with Gasteiger partial charge in [0.05, 0.1) is 5.92 Å². The van der Waals surface area contributed by atoms with Gasteiger partial charge in [-0.3, -0.25) is 9.59 Å². The van der Waals surface area contributed by atoms with Crippen LogP contribution in [0.5, 0.6) is 5.75 Å².